The first-order valence-corrected chi connectivity index (χ1v) is 15.3. The molecule has 1 aromatic heterocycles. The molecule has 0 unspecified atom stereocenters. The Morgan fingerprint density at radius 3 is 2.57 bits per heavy atom. The van der Waals surface area contributed by atoms with Crippen LogP contribution in [0.2, 0.25) is 0 Å². The number of hydrogen-bond acceptors (Lipinski definition) is 4. The maximum Gasteiger partial charge on any atom is 0.335 e. The fourth-order valence-corrected chi connectivity index (χ4v) is 7.31. The Balaban J connectivity index is 1.45. The van der Waals surface area contributed by atoms with Crippen molar-refractivity contribution in [2.24, 2.45) is 0 Å². The van der Waals surface area contributed by atoms with Crippen LogP contribution in [-0.4, -0.2) is 54.0 Å². The van der Waals surface area contributed by atoms with Gasteiger partial charge in [-0.15, -0.1) is 0 Å². The van der Waals surface area contributed by atoms with Crippen molar-refractivity contribution in [3.63, 3.8) is 0 Å². The number of carboxylic acid groups (broad SMARTS) is 1. The van der Waals surface area contributed by atoms with Gasteiger partial charge in [-0.25, -0.2) is 4.79 Å². The molecule has 4 aromatic rings. The van der Waals surface area contributed by atoms with Crippen LogP contribution < -0.4 is 4.74 Å². The summed E-state index contributed by atoms with van der Waals surface area (Å²) >= 11 is 0. The third-order valence-electron chi connectivity index (χ3n) is 9.40. The van der Waals surface area contributed by atoms with Gasteiger partial charge >= 0.3 is 5.97 Å². The molecule has 3 heterocycles. The Labute approximate surface area is 247 Å². The highest BCUT2D eigenvalue weighted by Gasteiger charge is 2.30. The number of carboxylic acids is 1. The van der Waals surface area contributed by atoms with Crippen molar-refractivity contribution in [3.05, 3.63) is 88.5 Å². The fourth-order valence-electron chi connectivity index (χ4n) is 7.31. The molecule has 2 fully saturated rings. The zero-order chi connectivity index (χ0) is 28.6. The summed E-state index contributed by atoms with van der Waals surface area (Å²) in [5.74, 6) is 0.401. The number of allylic oxidation sites excluding steroid dienone is 1. The minimum absolute atomic E-state index is 0.329. The van der Waals surface area contributed by atoms with E-state index in [0.717, 1.165) is 49.7 Å². The monoisotopic (exact) mass is 562 g/mol. The summed E-state index contributed by atoms with van der Waals surface area (Å²) in [6.45, 7) is 4.95. The average molecular weight is 563 g/mol. The zero-order valence-electron chi connectivity index (χ0n) is 24.3. The third kappa shape index (κ3) is 4.93. The Morgan fingerprint density at radius 1 is 0.976 bits per heavy atom. The molecule has 3 aromatic carbocycles. The third-order valence-corrected chi connectivity index (χ3v) is 9.40. The molecule has 6 heteroatoms. The van der Waals surface area contributed by atoms with Crippen LogP contribution in [0.25, 0.3) is 33.8 Å². The Kier molecular flexibility index (Phi) is 7.34. The molecule has 216 valence electrons. The van der Waals surface area contributed by atoms with Gasteiger partial charge in [-0.1, -0.05) is 49.6 Å². The Morgan fingerprint density at radius 2 is 1.79 bits per heavy atom. The van der Waals surface area contributed by atoms with Gasteiger partial charge in [-0.3, -0.25) is 4.90 Å². The molecular formula is C36H38N2O4. The Hall–Kier alpha value is -3.87. The first-order chi connectivity index (χ1) is 20.6. The second-order valence-electron chi connectivity index (χ2n) is 11.9. The lowest BCUT2D eigenvalue weighted by molar-refractivity contribution is 0.0341. The van der Waals surface area contributed by atoms with E-state index in [1.165, 1.54) is 71.0 Å². The standard InChI is InChI=1S/C36H38N2O4/c1-41-29-12-14-31-27(20-29)19-28(30-10-6-5-9-26(30)22-37-15-17-42-18-16-37)23-38-33-21-25(36(39)40)11-13-32(33)34(35(31)38)24-7-3-2-4-8-24/h5-6,9-14,19-21,24H,2-4,7-8,15-18,22-23H2,1H3,(H,39,40). The number of hydrogen-bond donors (Lipinski definition) is 1. The zero-order valence-corrected chi connectivity index (χ0v) is 24.3. The van der Waals surface area contributed by atoms with Crippen molar-refractivity contribution in [1.29, 1.82) is 0 Å². The molecule has 6 nitrogen and oxygen atoms in total. The molecule has 0 spiro atoms. The molecule has 7 rings (SSSR count). The summed E-state index contributed by atoms with van der Waals surface area (Å²) < 4.78 is 13.7. The second kappa shape index (κ2) is 11.4. The van der Waals surface area contributed by atoms with Gasteiger partial charge in [0.2, 0.25) is 0 Å². The van der Waals surface area contributed by atoms with E-state index in [-0.39, 0.29) is 0 Å². The summed E-state index contributed by atoms with van der Waals surface area (Å²) in [5, 5.41) is 11.1. The highest BCUT2D eigenvalue weighted by molar-refractivity contribution is 6.01. The summed E-state index contributed by atoms with van der Waals surface area (Å²) in [5.41, 5.74) is 10.0. The van der Waals surface area contributed by atoms with Gasteiger partial charge in [0.15, 0.2) is 0 Å². The number of carbonyl (C=O) groups is 1. The van der Waals surface area contributed by atoms with Gasteiger partial charge in [-0.05, 0) is 83.0 Å². The number of aromatic carboxylic acids is 1. The van der Waals surface area contributed by atoms with Crippen molar-refractivity contribution in [2.45, 2.75) is 51.1 Å². The van der Waals surface area contributed by atoms with Crippen LogP contribution in [0.5, 0.6) is 5.75 Å². The molecule has 0 bridgehead atoms. The normalized spacial score (nSPS) is 17.8. The van der Waals surface area contributed by atoms with Gasteiger partial charge in [-0.2, -0.15) is 0 Å². The van der Waals surface area contributed by atoms with Crippen molar-refractivity contribution in [2.75, 3.05) is 33.4 Å². The first kappa shape index (κ1) is 27.0. The lowest BCUT2D eigenvalue weighted by Gasteiger charge is -2.27. The lowest BCUT2D eigenvalue weighted by atomic mass is 9.81. The van der Waals surface area contributed by atoms with E-state index in [9.17, 15) is 9.90 Å². The average Bonchev–Trinajstić information content (AvgIpc) is 3.24. The lowest BCUT2D eigenvalue weighted by Crippen LogP contribution is -2.35. The number of benzene rings is 3. The molecular weight excluding hydrogens is 524 g/mol. The van der Waals surface area contributed by atoms with Crippen LogP contribution in [-0.2, 0) is 17.8 Å². The molecule has 1 N–H and O–H groups in total. The molecule has 2 aliphatic heterocycles. The number of ether oxygens (including phenoxy) is 2. The van der Waals surface area contributed by atoms with E-state index in [0.29, 0.717) is 18.0 Å². The van der Waals surface area contributed by atoms with Crippen LogP contribution in [0.3, 0.4) is 0 Å². The van der Waals surface area contributed by atoms with Crippen molar-refractivity contribution in [1.82, 2.24) is 9.47 Å². The maximum atomic E-state index is 12.1. The predicted molar refractivity (Wildman–Crippen MR) is 167 cm³/mol. The van der Waals surface area contributed by atoms with Crippen LogP contribution >= 0.6 is 0 Å². The van der Waals surface area contributed by atoms with E-state index in [1.54, 1.807) is 13.2 Å². The van der Waals surface area contributed by atoms with Crippen molar-refractivity contribution < 1.29 is 19.4 Å². The molecule has 1 saturated carbocycles. The molecule has 3 aliphatic rings. The quantitative estimate of drug-likeness (QED) is 0.264. The van der Waals surface area contributed by atoms with E-state index < -0.39 is 5.97 Å². The minimum atomic E-state index is -0.892. The number of aromatic nitrogens is 1. The predicted octanol–water partition coefficient (Wildman–Crippen LogP) is 7.45. The number of methoxy groups -OCH3 is 1. The Bertz CT molecular complexity index is 1670. The summed E-state index contributed by atoms with van der Waals surface area (Å²) in [4.78, 5) is 14.6. The molecule has 1 saturated heterocycles. The van der Waals surface area contributed by atoms with Gasteiger partial charge in [0.25, 0.3) is 0 Å². The van der Waals surface area contributed by atoms with Crippen LogP contribution in [0.1, 0.15) is 70.6 Å². The number of fused-ring (bicyclic) bond motifs is 5. The van der Waals surface area contributed by atoms with E-state index in [1.807, 2.05) is 6.07 Å². The largest absolute Gasteiger partial charge is 0.497 e. The molecule has 0 radical (unpaired) electrons. The van der Waals surface area contributed by atoms with Gasteiger partial charge in [0.05, 0.1) is 31.6 Å². The highest BCUT2D eigenvalue weighted by Crippen LogP contribution is 2.48. The molecule has 1 aliphatic carbocycles. The minimum Gasteiger partial charge on any atom is -0.497 e. The molecule has 0 amide bonds. The van der Waals surface area contributed by atoms with Gasteiger partial charge in [0.1, 0.15) is 5.75 Å². The maximum absolute atomic E-state index is 12.1. The second-order valence-corrected chi connectivity index (χ2v) is 11.9. The van der Waals surface area contributed by atoms with Crippen molar-refractivity contribution in [3.8, 4) is 17.0 Å². The molecule has 42 heavy (non-hydrogen) atoms. The summed E-state index contributed by atoms with van der Waals surface area (Å²) in [6, 6.07) is 20.9. The highest BCUT2D eigenvalue weighted by atomic mass is 16.5. The van der Waals surface area contributed by atoms with E-state index in [4.69, 9.17) is 9.47 Å². The number of morpholine rings is 1. The smallest absolute Gasteiger partial charge is 0.335 e. The van der Waals surface area contributed by atoms with Crippen LogP contribution in [0.15, 0.2) is 60.7 Å². The fraction of sp³-hybridized carbons (Fsp3) is 0.361. The van der Waals surface area contributed by atoms with Crippen LogP contribution in [0, 0.1) is 0 Å². The van der Waals surface area contributed by atoms with Crippen LogP contribution in [0.4, 0.5) is 0 Å². The summed E-state index contributed by atoms with van der Waals surface area (Å²) in [7, 11) is 1.72. The number of rotatable bonds is 6. The number of nitrogens with zero attached hydrogens (tertiary/aromatic N) is 2. The molecule has 0 atom stereocenters. The van der Waals surface area contributed by atoms with Gasteiger partial charge in [0, 0.05) is 42.6 Å². The van der Waals surface area contributed by atoms with E-state index in [2.05, 4.69) is 64.1 Å². The topological polar surface area (TPSA) is 63.9 Å². The SMILES string of the molecule is COc1ccc2c(c1)C=C(c1ccccc1CN1CCOCC1)Cn1c-2c(C2CCCCC2)c2ccc(C(=O)O)cc21. The van der Waals surface area contributed by atoms with Crippen molar-refractivity contribution >= 4 is 28.5 Å². The summed E-state index contributed by atoms with van der Waals surface area (Å²) in [6.07, 6.45) is 8.42. The first-order valence-electron chi connectivity index (χ1n) is 15.3. The van der Waals surface area contributed by atoms with Gasteiger partial charge < -0.3 is 19.1 Å². The van der Waals surface area contributed by atoms with E-state index >= 15 is 0 Å².